The Morgan fingerprint density at radius 2 is 1.76 bits per heavy atom. The highest BCUT2D eigenvalue weighted by Crippen LogP contribution is 2.25. The lowest BCUT2D eigenvalue weighted by Crippen LogP contribution is -2.12. The molecule has 0 unspecified atom stereocenters. The fraction of sp³-hybridized carbons (Fsp3) is 0.190. The molecule has 0 atom stereocenters. The normalized spacial score (nSPS) is 10.6. The van der Waals surface area contributed by atoms with E-state index in [4.69, 9.17) is 4.74 Å². The van der Waals surface area contributed by atoms with Crippen molar-refractivity contribution in [1.29, 1.82) is 0 Å². The van der Waals surface area contributed by atoms with Crippen LogP contribution >= 0.6 is 0 Å². The molecule has 0 radical (unpaired) electrons. The molecule has 4 nitrogen and oxygen atoms in total. The number of nitrogens with zero attached hydrogens (tertiary/aromatic N) is 1. The van der Waals surface area contributed by atoms with Gasteiger partial charge in [-0.1, -0.05) is 49.4 Å². The number of para-hydroxylation sites is 1. The largest absolute Gasteiger partial charge is 0.454 e. The minimum Gasteiger partial charge on any atom is -0.454 e. The molecule has 0 spiro atoms. The standard InChI is InChI=1S/C21H19NO3/c1-3-15-8-10-16(11-9-15)20-12-18(21(24)25-13-14(2)23)17-6-4-5-7-19(17)22-20/h4-12H,3,13H2,1-2H3. The molecule has 4 heteroatoms. The summed E-state index contributed by atoms with van der Waals surface area (Å²) in [6.45, 7) is 3.26. The van der Waals surface area contributed by atoms with Crippen molar-refractivity contribution >= 4 is 22.7 Å². The van der Waals surface area contributed by atoms with E-state index < -0.39 is 5.97 Å². The lowest BCUT2D eigenvalue weighted by molar-refractivity contribution is -0.120. The summed E-state index contributed by atoms with van der Waals surface area (Å²) in [5.41, 5.74) is 4.01. The van der Waals surface area contributed by atoms with E-state index in [0.29, 0.717) is 22.2 Å². The number of ketones is 1. The molecule has 0 fully saturated rings. The topological polar surface area (TPSA) is 56.3 Å². The molecule has 0 aliphatic heterocycles. The Balaban J connectivity index is 2.08. The molecular formula is C21H19NO3. The fourth-order valence-corrected chi connectivity index (χ4v) is 2.65. The molecule has 3 rings (SSSR count). The molecule has 0 N–H and O–H groups in total. The summed E-state index contributed by atoms with van der Waals surface area (Å²) in [5, 5.41) is 0.713. The van der Waals surface area contributed by atoms with Crippen molar-refractivity contribution in [3.8, 4) is 11.3 Å². The predicted molar refractivity (Wildman–Crippen MR) is 97.5 cm³/mol. The Labute approximate surface area is 146 Å². The van der Waals surface area contributed by atoms with Crippen molar-refractivity contribution in [3.63, 3.8) is 0 Å². The van der Waals surface area contributed by atoms with Gasteiger partial charge in [0.05, 0.1) is 16.8 Å². The first kappa shape index (κ1) is 16.8. The summed E-state index contributed by atoms with van der Waals surface area (Å²) in [6.07, 6.45) is 0.966. The summed E-state index contributed by atoms with van der Waals surface area (Å²) in [5.74, 6) is -0.706. The molecule has 0 saturated carbocycles. The highest BCUT2D eigenvalue weighted by Gasteiger charge is 2.15. The molecule has 126 valence electrons. The van der Waals surface area contributed by atoms with Crippen LogP contribution in [0, 0.1) is 0 Å². The summed E-state index contributed by atoms with van der Waals surface area (Å²) < 4.78 is 5.11. The number of carbonyl (C=O) groups excluding carboxylic acids is 2. The zero-order valence-electron chi connectivity index (χ0n) is 14.3. The number of hydrogen-bond acceptors (Lipinski definition) is 4. The van der Waals surface area contributed by atoms with E-state index >= 15 is 0 Å². The van der Waals surface area contributed by atoms with Crippen LogP contribution < -0.4 is 0 Å². The van der Waals surface area contributed by atoms with Crippen molar-refractivity contribution < 1.29 is 14.3 Å². The third kappa shape index (κ3) is 3.74. The van der Waals surface area contributed by atoms with E-state index in [1.807, 2.05) is 36.4 Å². The van der Waals surface area contributed by atoms with Crippen LogP contribution in [0.3, 0.4) is 0 Å². The molecule has 1 aromatic heterocycles. The Bertz CT molecular complexity index is 930. The van der Waals surface area contributed by atoms with Crippen molar-refractivity contribution in [2.75, 3.05) is 6.61 Å². The zero-order valence-corrected chi connectivity index (χ0v) is 14.3. The highest BCUT2D eigenvalue weighted by atomic mass is 16.5. The molecular weight excluding hydrogens is 314 g/mol. The van der Waals surface area contributed by atoms with Crippen LogP contribution in [0.5, 0.6) is 0 Å². The molecule has 0 amide bonds. The van der Waals surface area contributed by atoms with Crippen LogP contribution in [-0.4, -0.2) is 23.3 Å². The van der Waals surface area contributed by atoms with Gasteiger partial charge < -0.3 is 4.74 Å². The maximum atomic E-state index is 12.4. The number of fused-ring (bicyclic) bond motifs is 1. The average molecular weight is 333 g/mol. The number of ether oxygens (including phenoxy) is 1. The van der Waals surface area contributed by atoms with Crippen molar-refractivity contribution in [3.05, 3.63) is 65.7 Å². The van der Waals surface area contributed by atoms with Gasteiger partial charge in [0.2, 0.25) is 0 Å². The Morgan fingerprint density at radius 3 is 2.44 bits per heavy atom. The molecule has 0 saturated heterocycles. The minimum atomic E-state index is -0.514. The van der Waals surface area contributed by atoms with E-state index in [2.05, 4.69) is 24.0 Å². The van der Waals surface area contributed by atoms with E-state index in [0.717, 1.165) is 12.0 Å². The second-order valence-corrected chi connectivity index (χ2v) is 5.90. The van der Waals surface area contributed by atoms with E-state index in [1.54, 1.807) is 6.07 Å². The second-order valence-electron chi connectivity index (χ2n) is 5.90. The number of Topliss-reactive ketones (excluding diaryl/α,β-unsaturated/α-hetero) is 1. The van der Waals surface area contributed by atoms with E-state index in [-0.39, 0.29) is 12.4 Å². The van der Waals surface area contributed by atoms with Crippen LogP contribution in [-0.2, 0) is 16.0 Å². The molecule has 0 bridgehead atoms. The lowest BCUT2D eigenvalue weighted by atomic mass is 10.0. The smallest absolute Gasteiger partial charge is 0.339 e. The first-order chi connectivity index (χ1) is 12.1. The molecule has 0 aliphatic rings. The first-order valence-corrected chi connectivity index (χ1v) is 8.24. The summed E-state index contributed by atoms with van der Waals surface area (Å²) >= 11 is 0. The quantitative estimate of drug-likeness (QED) is 0.656. The van der Waals surface area contributed by atoms with Gasteiger partial charge in [0.25, 0.3) is 0 Å². The Hall–Kier alpha value is -3.01. The van der Waals surface area contributed by atoms with Crippen molar-refractivity contribution in [2.24, 2.45) is 0 Å². The summed E-state index contributed by atoms with van der Waals surface area (Å²) in [4.78, 5) is 28.2. The number of aromatic nitrogens is 1. The molecule has 3 aromatic rings. The average Bonchev–Trinajstić information content (AvgIpc) is 2.65. The Morgan fingerprint density at radius 1 is 1.04 bits per heavy atom. The van der Waals surface area contributed by atoms with Gasteiger partial charge in [0, 0.05) is 10.9 Å². The number of carbonyl (C=O) groups is 2. The van der Waals surface area contributed by atoms with Crippen molar-refractivity contribution in [1.82, 2.24) is 4.98 Å². The van der Waals surface area contributed by atoms with E-state index in [9.17, 15) is 9.59 Å². The SMILES string of the molecule is CCc1ccc(-c2cc(C(=O)OCC(C)=O)c3ccccc3n2)cc1. The zero-order chi connectivity index (χ0) is 17.8. The third-order valence-electron chi connectivity index (χ3n) is 4.00. The predicted octanol–water partition coefficient (Wildman–Crippen LogP) is 4.21. The number of pyridine rings is 1. The maximum Gasteiger partial charge on any atom is 0.339 e. The molecule has 0 aliphatic carbocycles. The van der Waals surface area contributed by atoms with Gasteiger partial charge in [-0.15, -0.1) is 0 Å². The first-order valence-electron chi connectivity index (χ1n) is 8.24. The van der Waals surface area contributed by atoms with Crippen LogP contribution in [0.25, 0.3) is 22.2 Å². The molecule has 25 heavy (non-hydrogen) atoms. The van der Waals surface area contributed by atoms with Gasteiger partial charge in [-0.25, -0.2) is 9.78 Å². The number of rotatable bonds is 5. The lowest BCUT2D eigenvalue weighted by Gasteiger charge is -2.10. The van der Waals surface area contributed by atoms with E-state index in [1.165, 1.54) is 12.5 Å². The summed E-state index contributed by atoms with van der Waals surface area (Å²) in [7, 11) is 0. The van der Waals surface area contributed by atoms with Crippen LogP contribution in [0.15, 0.2) is 54.6 Å². The second kappa shape index (κ2) is 7.26. The molecule has 2 aromatic carbocycles. The molecule has 1 heterocycles. The maximum absolute atomic E-state index is 12.4. The van der Waals surface area contributed by atoms with Gasteiger partial charge in [0.1, 0.15) is 6.61 Å². The Kier molecular flexibility index (Phi) is 4.89. The number of aryl methyl sites for hydroxylation is 1. The number of esters is 1. The third-order valence-corrected chi connectivity index (χ3v) is 4.00. The van der Waals surface area contributed by atoms with Crippen LogP contribution in [0.4, 0.5) is 0 Å². The number of hydrogen-bond donors (Lipinski definition) is 0. The fourth-order valence-electron chi connectivity index (χ4n) is 2.65. The van der Waals surface area contributed by atoms with Crippen LogP contribution in [0.1, 0.15) is 29.8 Å². The van der Waals surface area contributed by atoms with Gasteiger partial charge in [-0.05, 0) is 31.0 Å². The van der Waals surface area contributed by atoms with Gasteiger partial charge in [0.15, 0.2) is 5.78 Å². The monoisotopic (exact) mass is 333 g/mol. The highest BCUT2D eigenvalue weighted by molar-refractivity contribution is 6.05. The van der Waals surface area contributed by atoms with Gasteiger partial charge in [-0.3, -0.25) is 4.79 Å². The minimum absolute atomic E-state index is 0.193. The van der Waals surface area contributed by atoms with Gasteiger partial charge >= 0.3 is 5.97 Å². The number of benzene rings is 2. The van der Waals surface area contributed by atoms with Gasteiger partial charge in [-0.2, -0.15) is 0 Å². The van der Waals surface area contributed by atoms with Crippen molar-refractivity contribution in [2.45, 2.75) is 20.3 Å². The van der Waals surface area contributed by atoms with Crippen LogP contribution in [0.2, 0.25) is 0 Å². The summed E-state index contributed by atoms with van der Waals surface area (Å²) in [6, 6.07) is 17.3.